The van der Waals surface area contributed by atoms with Crippen molar-refractivity contribution in [3.8, 4) is 0 Å². The number of hydrogen-bond acceptors (Lipinski definition) is 5. The Balaban J connectivity index is 1.28. The molecule has 2 N–H and O–H groups in total. The first-order valence-electron chi connectivity index (χ1n) is 11.4. The van der Waals surface area contributed by atoms with Crippen molar-refractivity contribution in [3.63, 3.8) is 0 Å². The second kappa shape index (κ2) is 11.0. The first-order valence-corrected chi connectivity index (χ1v) is 12.6. The number of rotatable bonds is 7. The Morgan fingerprint density at radius 1 is 1.03 bits per heavy atom. The number of benzene rings is 2. The van der Waals surface area contributed by atoms with Crippen molar-refractivity contribution in [1.29, 1.82) is 0 Å². The number of fused-ring (bicyclic) bond motifs is 1. The largest absolute Gasteiger partial charge is 0.362 e. The SMILES string of the molecule is CN(C)c1nc(NC2CCC(CCNC(=O)c3c(Cl)cc(Cl)cc3Cl)CC2)nc2ccccc12. The van der Waals surface area contributed by atoms with Crippen molar-refractivity contribution in [2.75, 3.05) is 30.9 Å². The van der Waals surface area contributed by atoms with E-state index in [-0.39, 0.29) is 21.5 Å². The lowest BCUT2D eigenvalue weighted by molar-refractivity contribution is 0.0950. The molecule has 0 unspecified atom stereocenters. The summed E-state index contributed by atoms with van der Waals surface area (Å²) in [5.74, 6) is 1.88. The van der Waals surface area contributed by atoms with Gasteiger partial charge in [-0.3, -0.25) is 4.79 Å². The van der Waals surface area contributed by atoms with Gasteiger partial charge in [0.1, 0.15) is 5.82 Å². The molecule has 0 bridgehead atoms. The summed E-state index contributed by atoms with van der Waals surface area (Å²) >= 11 is 18.2. The van der Waals surface area contributed by atoms with E-state index >= 15 is 0 Å². The van der Waals surface area contributed by atoms with Crippen molar-refractivity contribution >= 4 is 63.4 Å². The molecule has 9 heteroatoms. The molecule has 1 saturated carbocycles. The second-order valence-electron chi connectivity index (χ2n) is 8.93. The number of halogens is 3. The molecule has 1 amide bonds. The van der Waals surface area contributed by atoms with E-state index < -0.39 is 0 Å². The highest BCUT2D eigenvalue weighted by Gasteiger charge is 2.23. The van der Waals surface area contributed by atoms with Gasteiger partial charge in [0.2, 0.25) is 5.95 Å². The quantitative estimate of drug-likeness (QED) is 0.375. The molecular weight excluding hydrogens is 493 g/mol. The van der Waals surface area contributed by atoms with Gasteiger partial charge < -0.3 is 15.5 Å². The molecule has 1 heterocycles. The lowest BCUT2D eigenvalue weighted by Gasteiger charge is -2.29. The summed E-state index contributed by atoms with van der Waals surface area (Å²) in [6.45, 7) is 0.580. The number of carbonyl (C=O) groups is 1. The molecule has 180 valence electrons. The van der Waals surface area contributed by atoms with Crippen molar-refractivity contribution < 1.29 is 4.79 Å². The summed E-state index contributed by atoms with van der Waals surface area (Å²) in [7, 11) is 3.99. The smallest absolute Gasteiger partial charge is 0.254 e. The standard InChI is InChI=1S/C25H28Cl3N5O/c1-33(2)23-18-5-3-4-6-21(18)31-25(32-23)30-17-9-7-15(8-10-17)11-12-29-24(34)22-19(27)13-16(26)14-20(22)28/h3-6,13-15,17H,7-12H2,1-2H3,(H,29,34)(H,30,31,32). The summed E-state index contributed by atoms with van der Waals surface area (Å²) in [5.41, 5.74) is 1.21. The van der Waals surface area contributed by atoms with Crippen LogP contribution >= 0.6 is 34.8 Å². The minimum absolute atomic E-state index is 0.259. The van der Waals surface area contributed by atoms with Gasteiger partial charge in [-0.2, -0.15) is 4.98 Å². The number of amides is 1. The lowest BCUT2D eigenvalue weighted by atomic mass is 9.84. The van der Waals surface area contributed by atoms with Crippen LogP contribution in [0.4, 0.5) is 11.8 Å². The Kier molecular flexibility index (Phi) is 8.02. The molecule has 0 saturated heterocycles. The normalized spacial score (nSPS) is 18.0. The highest BCUT2D eigenvalue weighted by molar-refractivity contribution is 6.42. The Morgan fingerprint density at radius 3 is 2.38 bits per heavy atom. The van der Waals surface area contributed by atoms with Crippen LogP contribution in [0.3, 0.4) is 0 Å². The van der Waals surface area contributed by atoms with Gasteiger partial charge in [0, 0.05) is 37.1 Å². The van der Waals surface area contributed by atoms with Crippen molar-refractivity contribution in [2.24, 2.45) is 5.92 Å². The molecule has 0 spiro atoms. The van der Waals surface area contributed by atoms with E-state index in [1.165, 1.54) is 12.1 Å². The van der Waals surface area contributed by atoms with Crippen LogP contribution in [0.15, 0.2) is 36.4 Å². The lowest BCUT2D eigenvalue weighted by Crippen LogP contribution is -2.30. The molecule has 3 aromatic rings. The molecule has 4 rings (SSSR count). The van der Waals surface area contributed by atoms with Gasteiger partial charge in [0.15, 0.2) is 0 Å². The van der Waals surface area contributed by atoms with E-state index in [0.717, 1.165) is 48.8 Å². The van der Waals surface area contributed by atoms with E-state index in [2.05, 4.69) is 10.6 Å². The van der Waals surface area contributed by atoms with Gasteiger partial charge in [-0.1, -0.05) is 46.9 Å². The van der Waals surface area contributed by atoms with Gasteiger partial charge in [-0.25, -0.2) is 4.98 Å². The molecule has 0 aliphatic heterocycles. The third kappa shape index (κ3) is 5.85. The van der Waals surface area contributed by atoms with E-state index in [1.54, 1.807) is 0 Å². The zero-order valence-electron chi connectivity index (χ0n) is 19.2. The monoisotopic (exact) mass is 519 g/mol. The molecule has 1 aliphatic rings. The summed E-state index contributed by atoms with van der Waals surface area (Å²) in [5, 5.41) is 8.46. The molecular formula is C25H28Cl3N5O. The van der Waals surface area contributed by atoms with Crippen molar-refractivity contribution in [3.05, 3.63) is 57.0 Å². The molecule has 2 aromatic carbocycles. The summed E-state index contributed by atoms with van der Waals surface area (Å²) in [4.78, 5) is 24.0. The molecule has 1 aromatic heterocycles. The van der Waals surface area contributed by atoms with Gasteiger partial charge in [0.25, 0.3) is 5.91 Å². The van der Waals surface area contributed by atoms with Gasteiger partial charge in [0.05, 0.1) is 21.1 Å². The third-order valence-corrected chi connectivity index (χ3v) is 7.07. The average molecular weight is 521 g/mol. The molecule has 0 atom stereocenters. The van der Waals surface area contributed by atoms with Crippen LogP contribution in [-0.4, -0.2) is 42.6 Å². The predicted molar refractivity (Wildman–Crippen MR) is 142 cm³/mol. The number of carbonyl (C=O) groups excluding carboxylic acids is 1. The van der Waals surface area contributed by atoms with Gasteiger partial charge in [-0.05, 0) is 62.3 Å². The first kappa shape index (κ1) is 24.8. The summed E-state index contributed by atoms with van der Waals surface area (Å²) in [6, 6.07) is 11.5. The topological polar surface area (TPSA) is 70.2 Å². The van der Waals surface area contributed by atoms with Crippen LogP contribution in [0, 0.1) is 5.92 Å². The minimum atomic E-state index is -0.271. The van der Waals surface area contributed by atoms with Crippen LogP contribution in [0.2, 0.25) is 15.1 Å². The molecule has 6 nitrogen and oxygen atoms in total. The number of anilines is 2. The Labute approximate surface area is 215 Å². The maximum Gasteiger partial charge on any atom is 0.254 e. The fraction of sp³-hybridized carbons (Fsp3) is 0.400. The van der Waals surface area contributed by atoms with E-state index in [0.29, 0.717) is 29.5 Å². The number of nitrogens with one attached hydrogen (secondary N) is 2. The van der Waals surface area contributed by atoms with E-state index in [1.807, 2.05) is 43.3 Å². The van der Waals surface area contributed by atoms with Crippen LogP contribution < -0.4 is 15.5 Å². The third-order valence-electron chi connectivity index (χ3n) is 6.26. The summed E-state index contributed by atoms with van der Waals surface area (Å²) in [6.07, 6.45) is 5.18. The second-order valence-corrected chi connectivity index (χ2v) is 10.2. The fourth-order valence-corrected chi connectivity index (χ4v) is 5.47. The Hall–Kier alpha value is -2.28. The molecule has 34 heavy (non-hydrogen) atoms. The molecule has 1 fully saturated rings. The fourth-order valence-electron chi connectivity index (χ4n) is 4.48. The van der Waals surface area contributed by atoms with Crippen molar-refractivity contribution in [2.45, 2.75) is 38.1 Å². The maximum atomic E-state index is 12.5. The van der Waals surface area contributed by atoms with Crippen LogP contribution in [-0.2, 0) is 0 Å². The zero-order chi connectivity index (χ0) is 24.2. The van der Waals surface area contributed by atoms with Gasteiger partial charge >= 0.3 is 0 Å². The van der Waals surface area contributed by atoms with E-state index in [9.17, 15) is 4.79 Å². The van der Waals surface area contributed by atoms with Gasteiger partial charge in [-0.15, -0.1) is 0 Å². The average Bonchev–Trinajstić information content (AvgIpc) is 2.79. The Bertz CT molecular complexity index is 1160. The first-order chi connectivity index (χ1) is 16.3. The number of hydrogen-bond donors (Lipinski definition) is 2. The number of para-hydroxylation sites is 1. The van der Waals surface area contributed by atoms with E-state index in [4.69, 9.17) is 44.8 Å². The van der Waals surface area contributed by atoms with Crippen LogP contribution in [0.25, 0.3) is 10.9 Å². The Morgan fingerprint density at radius 2 is 1.71 bits per heavy atom. The van der Waals surface area contributed by atoms with Crippen LogP contribution in [0.1, 0.15) is 42.5 Å². The number of aromatic nitrogens is 2. The highest BCUT2D eigenvalue weighted by Crippen LogP contribution is 2.31. The number of nitrogens with zero attached hydrogens (tertiary/aromatic N) is 3. The molecule has 0 radical (unpaired) electrons. The summed E-state index contributed by atoms with van der Waals surface area (Å²) < 4.78 is 0. The minimum Gasteiger partial charge on any atom is -0.362 e. The maximum absolute atomic E-state index is 12.5. The van der Waals surface area contributed by atoms with Crippen LogP contribution in [0.5, 0.6) is 0 Å². The zero-order valence-corrected chi connectivity index (χ0v) is 21.5. The van der Waals surface area contributed by atoms with Crippen molar-refractivity contribution in [1.82, 2.24) is 15.3 Å². The molecule has 1 aliphatic carbocycles. The highest BCUT2D eigenvalue weighted by atomic mass is 35.5. The predicted octanol–water partition coefficient (Wildman–Crippen LogP) is 6.45.